The molecule has 0 fully saturated rings. The number of aryl methyl sites for hydroxylation is 1. The lowest BCUT2D eigenvalue weighted by atomic mass is 10.1. The van der Waals surface area contributed by atoms with Gasteiger partial charge in [0.1, 0.15) is 17.2 Å². The topological polar surface area (TPSA) is 42.7 Å². The molecule has 0 aliphatic heterocycles. The van der Waals surface area contributed by atoms with Crippen LogP contribution in [0.1, 0.15) is 30.2 Å². The van der Waals surface area contributed by atoms with Gasteiger partial charge in [0, 0.05) is 28.7 Å². The first-order valence-corrected chi connectivity index (χ1v) is 11.2. The molecule has 0 saturated carbocycles. The van der Waals surface area contributed by atoms with E-state index in [2.05, 4.69) is 46.7 Å². The molecule has 6 heteroatoms. The predicted molar refractivity (Wildman–Crippen MR) is 127 cm³/mol. The second-order valence-electron chi connectivity index (χ2n) is 7.90. The third-order valence-corrected chi connectivity index (χ3v) is 5.81. The number of halogens is 2. The second-order valence-corrected chi connectivity index (χ2v) is 8.31. The van der Waals surface area contributed by atoms with E-state index in [1.54, 1.807) is 12.1 Å². The van der Waals surface area contributed by atoms with E-state index < -0.39 is 0 Å². The Morgan fingerprint density at radius 1 is 0.938 bits per heavy atom. The number of nitrogens with one attached hydrogen (secondary N) is 1. The monoisotopic (exact) mass is 448 g/mol. The summed E-state index contributed by atoms with van der Waals surface area (Å²) < 4.78 is 14.3. The summed E-state index contributed by atoms with van der Waals surface area (Å²) in [6.45, 7) is 2.93. The van der Waals surface area contributed by atoms with Gasteiger partial charge < -0.3 is 5.32 Å². The van der Waals surface area contributed by atoms with Crippen LogP contribution < -0.4 is 5.32 Å². The molecule has 0 bridgehead atoms. The van der Waals surface area contributed by atoms with Gasteiger partial charge in [0.2, 0.25) is 0 Å². The van der Waals surface area contributed by atoms with Crippen LogP contribution in [0.25, 0.3) is 11.3 Å². The predicted octanol–water partition coefficient (Wildman–Crippen LogP) is 5.90. The van der Waals surface area contributed by atoms with Crippen molar-refractivity contribution in [1.29, 1.82) is 0 Å². The van der Waals surface area contributed by atoms with Crippen molar-refractivity contribution in [3.8, 4) is 11.3 Å². The van der Waals surface area contributed by atoms with Crippen LogP contribution in [-0.4, -0.2) is 21.0 Å². The van der Waals surface area contributed by atoms with Crippen LogP contribution >= 0.6 is 11.6 Å². The van der Waals surface area contributed by atoms with E-state index >= 15 is 0 Å². The van der Waals surface area contributed by atoms with E-state index in [1.165, 1.54) is 16.4 Å². The molecule has 4 aromatic rings. The summed E-state index contributed by atoms with van der Waals surface area (Å²) in [5.74, 6) is -0.356. The first kappa shape index (κ1) is 22.2. The third kappa shape index (κ3) is 5.61. The lowest BCUT2D eigenvalue weighted by molar-refractivity contribution is 0.501. The molecule has 3 aromatic carbocycles. The van der Waals surface area contributed by atoms with E-state index in [-0.39, 0.29) is 12.4 Å². The summed E-state index contributed by atoms with van der Waals surface area (Å²) in [7, 11) is 0. The molecule has 1 atom stereocenters. The summed E-state index contributed by atoms with van der Waals surface area (Å²) in [6, 6.07) is 25.4. The van der Waals surface area contributed by atoms with E-state index in [0.717, 1.165) is 29.8 Å². The Kier molecular flexibility index (Phi) is 7.30. The highest BCUT2D eigenvalue weighted by Crippen LogP contribution is 2.23. The van der Waals surface area contributed by atoms with Gasteiger partial charge in [-0.25, -0.2) is 4.39 Å². The quantitative estimate of drug-likeness (QED) is 0.347. The molecule has 164 valence electrons. The van der Waals surface area contributed by atoms with Crippen LogP contribution in [0.15, 0.2) is 78.9 Å². The first-order valence-electron chi connectivity index (χ1n) is 10.8. The fourth-order valence-corrected chi connectivity index (χ4v) is 3.84. The highest BCUT2D eigenvalue weighted by molar-refractivity contribution is 6.31. The van der Waals surface area contributed by atoms with Crippen LogP contribution in [0.5, 0.6) is 0 Å². The zero-order chi connectivity index (χ0) is 22.3. The summed E-state index contributed by atoms with van der Waals surface area (Å²) in [4.78, 5) is 1.53. The maximum absolute atomic E-state index is 14.3. The zero-order valence-electron chi connectivity index (χ0n) is 18.0. The highest BCUT2D eigenvalue weighted by atomic mass is 35.5. The lowest BCUT2D eigenvalue weighted by Gasteiger charge is -2.13. The van der Waals surface area contributed by atoms with Crippen molar-refractivity contribution in [2.24, 2.45) is 0 Å². The molecule has 1 N–H and O–H groups in total. The number of benzene rings is 3. The highest BCUT2D eigenvalue weighted by Gasteiger charge is 2.16. The van der Waals surface area contributed by atoms with E-state index in [0.29, 0.717) is 23.2 Å². The molecular formula is C26H26ClFN4. The Balaban J connectivity index is 1.50. The summed E-state index contributed by atoms with van der Waals surface area (Å²) >= 11 is 6.21. The molecule has 0 saturated heterocycles. The average Bonchev–Trinajstić information content (AvgIpc) is 3.23. The Bertz CT molecular complexity index is 1120. The number of nitrogens with zero attached hydrogens (tertiary/aromatic N) is 3. The molecule has 0 spiro atoms. The van der Waals surface area contributed by atoms with E-state index in [4.69, 9.17) is 11.6 Å². The van der Waals surface area contributed by atoms with E-state index in [1.807, 2.05) is 36.4 Å². The van der Waals surface area contributed by atoms with Crippen LogP contribution in [0, 0.1) is 5.82 Å². The minimum absolute atomic E-state index is 0.175. The Morgan fingerprint density at radius 2 is 1.66 bits per heavy atom. The number of aromatic nitrogens is 3. The van der Waals surface area contributed by atoms with Crippen LogP contribution in [0.4, 0.5) is 4.39 Å². The minimum Gasteiger partial charge on any atom is -0.309 e. The molecule has 4 rings (SSSR count). The number of rotatable bonds is 9. The maximum atomic E-state index is 14.3. The summed E-state index contributed by atoms with van der Waals surface area (Å²) in [5.41, 5.74) is 4.32. The van der Waals surface area contributed by atoms with Gasteiger partial charge in [-0.1, -0.05) is 78.3 Å². The van der Waals surface area contributed by atoms with Crippen LogP contribution in [0.2, 0.25) is 5.02 Å². The summed E-state index contributed by atoms with van der Waals surface area (Å²) in [5, 5.41) is 13.3. The molecular weight excluding hydrogens is 423 g/mol. The fourth-order valence-electron chi connectivity index (χ4n) is 3.62. The molecule has 0 aliphatic rings. The normalized spacial score (nSPS) is 12.1. The van der Waals surface area contributed by atoms with Gasteiger partial charge in [0.15, 0.2) is 0 Å². The van der Waals surface area contributed by atoms with Crippen molar-refractivity contribution in [3.63, 3.8) is 0 Å². The maximum Gasteiger partial charge on any atom is 0.129 e. The van der Waals surface area contributed by atoms with Crippen LogP contribution in [-0.2, 0) is 19.5 Å². The first-order chi connectivity index (χ1) is 15.6. The van der Waals surface area contributed by atoms with Crippen molar-refractivity contribution in [3.05, 3.63) is 107 Å². The van der Waals surface area contributed by atoms with Gasteiger partial charge in [-0.2, -0.15) is 15.0 Å². The molecule has 0 radical (unpaired) electrons. The smallest absolute Gasteiger partial charge is 0.129 e. The number of hydrogen-bond acceptors (Lipinski definition) is 3. The molecule has 4 nitrogen and oxygen atoms in total. The molecule has 0 aliphatic carbocycles. The second kappa shape index (κ2) is 10.5. The van der Waals surface area contributed by atoms with Gasteiger partial charge in [-0.15, -0.1) is 0 Å². The van der Waals surface area contributed by atoms with Crippen molar-refractivity contribution in [1.82, 2.24) is 20.3 Å². The molecule has 32 heavy (non-hydrogen) atoms. The average molecular weight is 449 g/mol. The Labute approximate surface area is 193 Å². The molecule has 0 unspecified atom stereocenters. The van der Waals surface area contributed by atoms with Gasteiger partial charge in [-0.3, -0.25) is 0 Å². The molecule has 0 amide bonds. The zero-order valence-corrected chi connectivity index (χ0v) is 18.8. The molecule has 1 heterocycles. The van der Waals surface area contributed by atoms with Gasteiger partial charge in [0.25, 0.3) is 0 Å². The Hall–Kier alpha value is -3.02. The minimum atomic E-state index is -0.356. The summed E-state index contributed by atoms with van der Waals surface area (Å²) in [6.07, 6.45) is 2.03. The van der Waals surface area contributed by atoms with Gasteiger partial charge >= 0.3 is 0 Å². The Morgan fingerprint density at radius 3 is 2.38 bits per heavy atom. The SMILES string of the molecule is C[C@@H](CCc1ccccc1)NCc1nn(Cc2c(F)cccc2Cl)nc1-c1ccccc1. The fraction of sp³-hybridized carbons (Fsp3) is 0.231. The third-order valence-electron chi connectivity index (χ3n) is 5.46. The van der Waals surface area contributed by atoms with Crippen molar-refractivity contribution in [2.75, 3.05) is 0 Å². The standard InChI is InChI=1S/C26H26ClFN4/c1-19(15-16-20-9-4-2-5-10-20)29-17-25-26(21-11-6-3-7-12-21)31-32(30-25)18-22-23(27)13-8-14-24(22)28/h2-14,19,29H,15-18H2,1H3/t19-/m0/s1. The van der Waals surface area contributed by atoms with E-state index in [9.17, 15) is 4.39 Å². The van der Waals surface area contributed by atoms with Crippen molar-refractivity contribution in [2.45, 2.75) is 38.9 Å². The molecule has 1 aromatic heterocycles. The van der Waals surface area contributed by atoms with Gasteiger partial charge in [0.05, 0.1) is 6.54 Å². The van der Waals surface area contributed by atoms with Gasteiger partial charge in [-0.05, 0) is 37.5 Å². The largest absolute Gasteiger partial charge is 0.309 e. The lowest BCUT2D eigenvalue weighted by Crippen LogP contribution is -2.26. The number of hydrogen-bond donors (Lipinski definition) is 1. The van der Waals surface area contributed by atoms with Crippen LogP contribution in [0.3, 0.4) is 0 Å². The van der Waals surface area contributed by atoms with Crippen molar-refractivity contribution >= 4 is 11.6 Å². The van der Waals surface area contributed by atoms with Crippen molar-refractivity contribution < 1.29 is 4.39 Å².